The van der Waals surface area contributed by atoms with Crippen molar-refractivity contribution >= 4 is 35.0 Å². The number of hydrogen-bond donors (Lipinski definition) is 2. The number of thioether (sulfide) groups is 1. The molecule has 1 aliphatic carbocycles. The second-order valence-corrected chi connectivity index (χ2v) is 9.38. The van der Waals surface area contributed by atoms with Crippen molar-refractivity contribution in [1.29, 1.82) is 0 Å². The normalized spacial score (nSPS) is 12.9. The molecule has 4 rings (SSSR count). The highest BCUT2D eigenvalue weighted by Gasteiger charge is 2.31. The van der Waals surface area contributed by atoms with Crippen LogP contribution in [0.4, 0.5) is 10.1 Å². The molecule has 1 heterocycles. The van der Waals surface area contributed by atoms with Gasteiger partial charge < -0.3 is 10.6 Å². The fraction of sp³-hybridized carbons (Fsp3) is 0.320. The fourth-order valence-corrected chi connectivity index (χ4v) is 4.51. The average molecular weight is 496 g/mol. The maximum atomic E-state index is 14.5. The monoisotopic (exact) mass is 495 g/mol. The van der Waals surface area contributed by atoms with Crippen molar-refractivity contribution in [2.75, 3.05) is 17.6 Å². The lowest BCUT2D eigenvalue weighted by Gasteiger charge is -2.12. The van der Waals surface area contributed by atoms with E-state index in [0.717, 1.165) is 24.4 Å². The molecule has 8 nitrogen and oxygen atoms in total. The number of ketones is 1. The number of carbonyl (C=O) groups is 3. The van der Waals surface area contributed by atoms with Gasteiger partial charge in [0.1, 0.15) is 11.6 Å². The SMILES string of the molecule is CC(=O)NCCc1ccc(C(=O)CSc2nnc(C3CC3)n2-c2cccc(NC(C)=O)c2)cc1F. The Labute approximate surface area is 206 Å². The molecule has 0 unspecified atom stereocenters. The lowest BCUT2D eigenvalue weighted by Crippen LogP contribution is -2.22. The van der Waals surface area contributed by atoms with Crippen molar-refractivity contribution in [2.24, 2.45) is 0 Å². The molecule has 1 aliphatic rings. The van der Waals surface area contributed by atoms with Crippen LogP contribution in [0.3, 0.4) is 0 Å². The Morgan fingerprint density at radius 2 is 1.89 bits per heavy atom. The van der Waals surface area contributed by atoms with Crippen LogP contribution in [-0.2, 0) is 16.0 Å². The van der Waals surface area contributed by atoms with Crippen LogP contribution < -0.4 is 10.6 Å². The van der Waals surface area contributed by atoms with E-state index in [-0.39, 0.29) is 28.9 Å². The number of anilines is 1. The predicted molar refractivity (Wildman–Crippen MR) is 131 cm³/mol. The van der Waals surface area contributed by atoms with Crippen LogP contribution in [-0.4, -0.2) is 44.7 Å². The fourth-order valence-electron chi connectivity index (χ4n) is 3.66. The summed E-state index contributed by atoms with van der Waals surface area (Å²) in [5.74, 6) is 0.178. The summed E-state index contributed by atoms with van der Waals surface area (Å²) in [6.45, 7) is 3.19. The van der Waals surface area contributed by atoms with E-state index in [0.29, 0.717) is 35.3 Å². The first-order chi connectivity index (χ1) is 16.8. The molecule has 2 amide bonds. The lowest BCUT2D eigenvalue weighted by atomic mass is 10.1. The molecule has 182 valence electrons. The lowest BCUT2D eigenvalue weighted by molar-refractivity contribution is -0.119. The molecule has 0 spiro atoms. The summed E-state index contributed by atoms with van der Waals surface area (Å²) in [5, 5.41) is 14.7. The first kappa shape index (κ1) is 24.6. The van der Waals surface area contributed by atoms with Crippen molar-refractivity contribution in [3.05, 3.63) is 65.2 Å². The van der Waals surface area contributed by atoms with Crippen LogP contribution in [0, 0.1) is 5.82 Å². The topological polar surface area (TPSA) is 106 Å². The molecule has 1 aromatic heterocycles. The Balaban J connectivity index is 1.49. The Bertz CT molecular complexity index is 1270. The quantitative estimate of drug-likeness (QED) is 0.327. The summed E-state index contributed by atoms with van der Waals surface area (Å²) in [6.07, 6.45) is 2.40. The van der Waals surface area contributed by atoms with Gasteiger partial charge in [-0.15, -0.1) is 10.2 Å². The number of amides is 2. The van der Waals surface area contributed by atoms with Gasteiger partial charge in [0.15, 0.2) is 10.9 Å². The molecule has 35 heavy (non-hydrogen) atoms. The van der Waals surface area contributed by atoms with E-state index >= 15 is 0 Å². The molecular formula is C25H26FN5O3S. The van der Waals surface area contributed by atoms with E-state index in [2.05, 4.69) is 20.8 Å². The third-order valence-electron chi connectivity index (χ3n) is 5.50. The van der Waals surface area contributed by atoms with Crippen LogP contribution in [0.5, 0.6) is 0 Å². The minimum atomic E-state index is -0.472. The molecule has 0 radical (unpaired) electrons. The number of benzene rings is 2. The van der Waals surface area contributed by atoms with E-state index in [4.69, 9.17) is 0 Å². The maximum Gasteiger partial charge on any atom is 0.221 e. The van der Waals surface area contributed by atoms with Crippen molar-refractivity contribution in [2.45, 2.75) is 44.2 Å². The maximum absolute atomic E-state index is 14.5. The third-order valence-corrected chi connectivity index (χ3v) is 6.43. The smallest absolute Gasteiger partial charge is 0.221 e. The van der Waals surface area contributed by atoms with Gasteiger partial charge in [-0.2, -0.15) is 0 Å². The summed E-state index contributed by atoms with van der Waals surface area (Å²) >= 11 is 1.24. The molecule has 1 fully saturated rings. The van der Waals surface area contributed by atoms with Crippen LogP contribution in [0.1, 0.15) is 54.4 Å². The summed E-state index contributed by atoms with van der Waals surface area (Å²) in [4.78, 5) is 35.3. The number of hydrogen-bond acceptors (Lipinski definition) is 6. The molecule has 2 aromatic carbocycles. The molecule has 0 atom stereocenters. The standard InChI is InChI=1S/C25H26FN5O3S/c1-15(32)27-11-10-17-6-9-19(12-22(17)26)23(34)14-35-25-30-29-24(18-7-8-18)31(25)21-5-3-4-20(13-21)28-16(2)33/h3-6,9,12-13,18H,7-8,10-11,14H2,1-2H3,(H,27,32)(H,28,33). The zero-order valence-electron chi connectivity index (χ0n) is 19.5. The van der Waals surface area contributed by atoms with Crippen LogP contribution in [0.15, 0.2) is 47.6 Å². The Kier molecular flexibility index (Phi) is 7.60. The molecule has 10 heteroatoms. The van der Waals surface area contributed by atoms with Crippen LogP contribution in [0.25, 0.3) is 5.69 Å². The van der Waals surface area contributed by atoms with Gasteiger partial charge in [-0.05, 0) is 49.1 Å². The number of carbonyl (C=O) groups excluding carboxylic acids is 3. The van der Waals surface area contributed by atoms with E-state index in [1.54, 1.807) is 18.2 Å². The molecule has 1 saturated carbocycles. The number of Topliss-reactive ketones (excluding diaryl/α,β-unsaturated/α-hetero) is 1. The van der Waals surface area contributed by atoms with Gasteiger partial charge in [0.2, 0.25) is 11.8 Å². The van der Waals surface area contributed by atoms with Gasteiger partial charge in [-0.3, -0.25) is 19.0 Å². The molecule has 0 bridgehead atoms. The number of halogens is 1. The van der Waals surface area contributed by atoms with Gasteiger partial charge in [0, 0.05) is 37.6 Å². The van der Waals surface area contributed by atoms with Gasteiger partial charge in [0.05, 0.1) is 11.4 Å². The number of aromatic nitrogens is 3. The summed E-state index contributed by atoms with van der Waals surface area (Å²) < 4.78 is 16.4. The Morgan fingerprint density at radius 1 is 1.09 bits per heavy atom. The zero-order chi connectivity index (χ0) is 24.9. The van der Waals surface area contributed by atoms with E-state index < -0.39 is 5.82 Å². The summed E-state index contributed by atoms with van der Waals surface area (Å²) in [5.41, 5.74) is 2.18. The molecule has 2 N–H and O–H groups in total. The molecule has 0 aliphatic heterocycles. The van der Waals surface area contributed by atoms with Gasteiger partial charge in [-0.25, -0.2) is 4.39 Å². The van der Waals surface area contributed by atoms with Crippen LogP contribution >= 0.6 is 11.8 Å². The van der Waals surface area contributed by atoms with Crippen molar-refractivity contribution in [1.82, 2.24) is 20.1 Å². The minimum absolute atomic E-state index is 0.0683. The first-order valence-corrected chi connectivity index (χ1v) is 12.3. The first-order valence-electron chi connectivity index (χ1n) is 11.3. The number of nitrogens with one attached hydrogen (secondary N) is 2. The van der Waals surface area contributed by atoms with E-state index in [1.165, 1.54) is 31.7 Å². The zero-order valence-corrected chi connectivity index (χ0v) is 20.3. The van der Waals surface area contributed by atoms with Gasteiger partial charge in [0.25, 0.3) is 0 Å². The van der Waals surface area contributed by atoms with Crippen molar-refractivity contribution in [3.63, 3.8) is 0 Å². The second-order valence-electron chi connectivity index (χ2n) is 8.43. The van der Waals surface area contributed by atoms with Gasteiger partial charge in [-0.1, -0.05) is 30.0 Å². The predicted octanol–water partition coefficient (Wildman–Crippen LogP) is 3.90. The largest absolute Gasteiger partial charge is 0.356 e. The molecular weight excluding hydrogens is 469 g/mol. The number of rotatable bonds is 10. The van der Waals surface area contributed by atoms with Crippen molar-refractivity contribution < 1.29 is 18.8 Å². The van der Waals surface area contributed by atoms with Crippen LogP contribution in [0.2, 0.25) is 0 Å². The highest BCUT2D eigenvalue weighted by molar-refractivity contribution is 7.99. The molecule has 0 saturated heterocycles. The third kappa shape index (κ3) is 6.33. The Morgan fingerprint density at radius 3 is 2.57 bits per heavy atom. The Hall–Kier alpha value is -3.53. The molecule has 3 aromatic rings. The summed E-state index contributed by atoms with van der Waals surface area (Å²) in [7, 11) is 0. The highest BCUT2D eigenvalue weighted by Crippen LogP contribution is 2.41. The number of nitrogens with zero attached hydrogens (tertiary/aromatic N) is 3. The van der Waals surface area contributed by atoms with E-state index in [9.17, 15) is 18.8 Å². The van der Waals surface area contributed by atoms with Crippen molar-refractivity contribution in [3.8, 4) is 5.69 Å². The average Bonchev–Trinajstić information content (AvgIpc) is 3.57. The highest BCUT2D eigenvalue weighted by atomic mass is 32.2. The van der Waals surface area contributed by atoms with Gasteiger partial charge >= 0.3 is 0 Å². The minimum Gasteiger partial charge on any atom is -0.356 e. The van der Waals surface area contributed by atoms with E-state index in [1.807, 2.05) is 22.8 Å². The summed E-state index contributed by atoms with van der Waals surface area (Å²) in [6, 6.07) is 11.8. The second kappa shape index (κ2) is 10.8.